The smallest absolute Gasteiger partial charge is 0.0933 e. The Morgan fingerprint density at radius 1 is 1.25 bits per heavy atom. The molecule has 2 nitrogen and oxygen atoms in total. The summed E-state index contributed by atoms with van der Waals surface area (Å²) >= 11 is 1.70. The predicted octanol–water partition coefficient (Wildman–Crippen LogP) is 3.53. The van der Waals surface area contributed by atoms with Crippen molar-refractivity contribution in [3.8, 4) is 0 Å². The van der Waals surface area contributed by atoms with Crippen LogP contribution in [-0.4, -0.2) is 0 Å². The van der Waals surface area contributed by atoms with E-state index in [-0.39, 0.29) is 6.04 Å². The summed E-state index contributed by atoms with van der Waals surface area (Å²) in [7, 11) is 0. The van der Waals surface area contributed by atoms with Crippen LogP contribution in [0.4, 0.5) is 0 Å². The molecule has 0 bridgehead atoms. The zero-order valence-electron chi connectivity index (χ0n) is 9.22. The first-order valence-corrected chi connectivity index (χ1v) is 6.24. The van der Waals surface area contributed by atoms with Gasteiger partial charge in [-0.05, 0) is 34.9 Å². The molecule has 0 saturated carbocycles. The molecule has 0 amide bonds. The molecule has 0 aliphatic rings. The molecule has 1 aromatic heterocycles. The first-order chi connectivity index (χ1) is 7.86. The molecule has 1 aromatic carbocycles. The second kappa shape index (κ2) is 5.80. The summed E-state index contributed by atoms with van der Waals surface area (Å²) in [5.74, 6) is 0. The molecule has 84 valence electrons. The van der Waals surface area contributed by atoms with Crippen LogP contribution in [0.25, 0.3) is 0 Å². The summed E-state index contributed by atoms with van der Waals surface area (Å²) in [4.78, 5) is 5.46. The van der Waals surface area contributed by atoms with Gasteiger partial charge in [0, 0.05) is 0 Å². The molecule has 16 heavy (non-hydrogen) atoms. The topological polar surface area (TPSA) is 21.3 Å². The van der Waals surface area contributed by atoms with Crippen LogP contribution in [0.3, 0.4) is 0 Å². The third kappa shape index (κ3) is 3.17. The van der Waals surface area contributed by atoms with E-state index in [4.69, 9.17) is 4.84 Å². The second-order valence-electron chi connectivity index (χ2n) is 3.67. The van der Waals surface area contributed by atoms with Crippen LogP contribution in [0.5, 0.6) is 0 Å². The normalized spacial score (nSPS) is 12.6. The van der Waals surface area contributed by atoms with Crippen molar-refractivity contribution in [2.45, 2.75) is 19.6 Å². The lowest BCUT2D eigenvalue weighted by atomic mass is 10.2. The van der Waals surface area contributed by atoms with E-state index in [0.29, 0.717) is 6.61 Å². The molecule has 0 fully saturated rings. The third-order valence-corrected chi connectivity index (χ3v) is 3.09. The number of thiophene rings is 1. The van der Waals surface area contributed by atoms with Gasteiger partial charge in [-0.25, -0.2) is 0 Å². The van der Waals surface area contributed by atoms with Crippen LogP contribution in [-0.2, 0) is 11.4 Å². The number of nitrogens with one attached hydrogen (secondary N) is 1. The fraction of sp³-hybridized carbons (Fsp3) is 0.231. The highest BCUT2D eigenvalue weighted by Crippen LogP contribution is 2.15. The van der Waals surface area contributed by atoms with Gasteiger partial charge in [-0.3, -0.25) is 4.84 Å². The monoisotopic (exact) mass is 233 g/mol. The summed E-state index contributed by atoms with van der Waals surface area (Å²) in [5, 5.41) is 4.20. The minimum absolute atomic E-state index is 0.231. The van der Waals surface area contributed by atoms with Crippen molar-refractivity contribution in [3.63, 3.8) is 0 Å². The number of benzene rings is 1. The molecule has 1 N–H and O–H groups in total. The lowest BCUT2D eigenvalue weighted by molar-refractivity contribution is 0.00707. The average Bonchev–Trinajstić information content (AvgIpc) is 2.84. The van der Waals surface area contributed by atoms with Crippen molar-refractivity contribution < 1.29 is 4.84 Å². The first-order valence-electron chi connectivity index (χ1n) is 5.29. The fourth-order valence-corrected chi connectivity index (χ4v) is 2.17. The van der Waals surface area contributed by atoms with Gasteiger partial charge in [-0.2, -0.15) is 16.8 Å². The minimum Gasteiger partial charge on any atom is -0.296 e. The van der Waals surface area contributed by atoms with Gasteiger partial charge in [0.05, 0.1) is 12.6 Å². The zero-order valence-corrected chi connectivity index (χ0v) is 10.0. The van der Waals surface area contributed by atoms with Gasteiger partial charge in [-0.15, -0.1) is 0 Å². The Bertz CT molecular complexity index is 399. The Kier molecular flexibility index (Phi) is 4.10. The van der Waals surface area contributed by atoms with Gasteiger partial charge in [-0.1, -0.05) is 30.3 Å². The van der Waals surface area contributed by atoms with Crippen LogP contribution < -0.4 is 5.48 Å². The molecule has 1 heterocycles. The number of hydrogen-bond acceptors (Lipinski definition) is 3. The minimum atomic E-state index is 0.231. The summed E-state index contributed by atoms with van der Waals surface area (Å²) in [5.41, 5.74) is 5.48. The van der Waals surface area contributed by atoms with E-state index < -0.39 is 0 Å². The van der Waals surface area contributed by atoms with E-state index >= 15 is 0 Å². The van der Waals surface area contributed by atoms with Crippen molar-refractivity contribution in [3.05, 3.63) is 58.3 Å². The molecule has 0 spiro atoms. The van der Waals surface area contributed by atoms with Crippen molar-refractivity contribution in [1.82, 2.24) is 5.48 Å². The molecule has 3 heteroatoms. The fourth-order valence-electron chi connectivity index (χ4n) is 1.41. The van der Waals surface area contributed by atoms with Crippen molar-refractivity contribution in [1.29, 1.82) is 0 Å². The van der Waals surface area contributed by atoms with Gasteiger partial charge in [0.2, 0.25) is 0 Å². The lowest BCUT2D eigenvalue weighted by Crippen LogP contribution is -2.18. The second-order valence-corrected chi connectivity index (χ2v) is 4.45. The molecule has 0 aliphatic carbocycles. The molecule has 0 saturated heterocycles. The van der Waals surface area contributed by atoms with E-state index in [9.17, 15) is 0 Å². The molecule has 1 unspecified atom stereocenters. The Balaban J connectivity index is 1.76. The highest BCUT2D eigenvalue weighted by molar-refractivity contribution is 7.07. The van der Waals surface area contributed by atoms with E-state index in [1.165, 1.54) is 11.1 Å². The van der Waals surface area contributed by atoms with E-state index in [1.54, 1.807) is 11.3 Å². The highest BCUT2D eigenvalue weighted by Gasteiger charge is 2.04. The maximum absolute atomic E-state index is 5.46. The summed E-state index contributed by atoms with van der Waals surface area (Å²) < 4.78 is 0. The Morgan fingerprint density at radius 3 is 2.75 bits per heavy atom. The van der Waals surface area contributed by atoms with Crippen LogP contribution in [0.2, 0.25) is 0 Å². The van der Waals surface area contributed by atoms with Gasteiger partial charge in [0.25, 0.3) is 0 Å². The maximum atomic E-state index is 5.46. The predicted molar refractivity (Wildman–Crippen MR) is 67.1 cm³/mol. The summed E-state index contributed by atoms with van der Waals surface area (Å²) in [6.07, 6.45) is 0. The van der Waals surface area contributed by atoms with Crippen molar-refractivity contribution in [2.75, 3.05) is 0 Å². The van der Waals surface area contributed by atoms with Crippen molar-refractivity contribution >= 4 is 11.3 Å². The van der Waals surface area contributed by atoms with Crippen molar-refractivity contribution in [2.24, 2.45) is 0 Å². The molecule has 2 rings (SSSR count). The van der Waals surface area contributed by atoms with E-state index in [2.05, 4.69) is 41.4 Å². The largest absolute Gasteiger partial charge is 0.296 e. The first kappa shape index (κ1) is 11.3. The van der Waals surface area contributed by atoms with E-state index in [0.717, 1.165) is 0 Å². The maximum Gasteiger partial charge on any atom is 0.0933 e. The molecule has 0 aliphatic heterocycles. The zero-order chi connectivity index (χ0) is 11.2. The molecule has 0 radical (unpaired) electrons. The van der Waals surface area contributed by atoms with Gasteiger partial charge in [0.15, 0.2) is 0 Å². The number of hydrogen-bond donors (Lipinski definition) is 1. The summed E-state index contributed by atoms with van der Waals surface area (Å²) in [6, 6.07) is 12.5. The Hall–Kier alpha value is -1.16. The molecular formula is C13H15NOS. The molecular weight excluding hydrogens is 218 g/mol. The van der Waals surface area contributed by atoms with Crippen LogP contribution >= 0.6 is 11.3 Å². The third-order valence-electron chi connectivity index (χ3n) is 2.38. The van der Waals surface area contributed by atoms with Gasteiger partial charge in [0.1, 0.15) is 0 Å². The average molecular weight is 233 g/mol. The van der Waals surface area contributed by atoms with Gasteiger partial charge >= 0.3 is 0 Å². The lowest BCUT2D eigenvalue weighted by Gasteiger charge is -2.12. The number of rotatable bonds is 5. The SMILES string of the molecule is CC(NOCc1ccccc1)c1ccsc1. The molecule has 1 atom stereocenters. The van der Waals surface area contributed by atoms with Crippen LogP contribution in [0.1, 0.15) is 24.1 Å². The van der Waals surface area contributed by atoms with Crippen LogP contribution in [0.15, 0.2) is 47.2 Å². The number of hydroxylamine groups is 1. The van der Waals surface area contributed by atoms with Gasteiger partial charge < -0.3 is 0 Å². The Labute approximate surface area is 99.8 Å². The molecule has 2 aromatic rings. The van der Waals surface area contributed by atoms with E-state index in [1.807, 2.05) is 18.2 Å². The quantitative estimate of drug-likeness (QED) is 0.798. The summed E-state index contributed by atoms with van der Waals surface area (Å²) in [6.45, 7) is 2.68. The highest BCUT2D eigenvalue weighted by atomic mass is 32.1. The van der Waals surface area contributed by atoms with Crippen LogP contribution in [0, 0.1) is 0 Å². The Morgan fingerprint density at radius 2 is 2.06 bits per heavy atom. The standard InChI is InChI=1S/C13H15NOS/c1-11(13-7-8-16-10-13)14-15-9-12-5-3-2-4-6-12/h2-8,10-11,14H,9H2,1H3.